The number of ether oxygens (including phenoxy) is 4. The topological polar surface area (TPSA) is 36.9 Å². The zero-order valence-electron chi connectivity index (χ0n) is 8.88. The number of methoxy groups -OCH3 is 2. The molecule has 1 aliphatic carbocycles. The van der Waals surface area contributed by atoms with Crippen LogP contribution in [0.1, 0.15) is 25.7 Å². The molecule has 0 amide bonds. The maximum atomic E-state index is 5.63. The van der Waals surface area contributed by atoms with Crippen molar-refractivity contribution in [1.82, 2.24) is 0 Å². The summed E-state index contributed by atoms with van der Waals surface area (Å²) < 4.78 is 22.1. The molecule has 0 radical (unpaired) electrons. The summed E-state index contributed by atoms with van der Waals surface area (Å²) in [6.45, 7) is 1.43. The van der Waals surface area contributed by atoms with E-state index in [-0.39, 0.29) is 5.79 Å². The van der Waals surface area contributed by atoms with E-state index in [1.807, 2.05) is 0 Å². The highest BCUT2D eigenvalue weighted by molar-refractivity contribution is 4.87. The minimum Gasteiger partial charge on any atom is -0.353 e. The van der Waals surface area contributed by atoms with E-state index in [0.29, 0.717) is 13.2 Å². The van der Waals surface area contributed by atoms with Gasteiger partial charge in [-0.3, -0.25) is 0 Å². The molecule has 2 rings (SSSR count). The van der Waals surface area contributed by atoms with E-state index in [9.17, 15) is 0 Å². The first kappa shape index (κ1) is 10.4. The summed E-state index contributed by atoms with van der Waals surface area (Å²) >= 11 is 0. The number of rotatable bonds is 2. The molecule has 1 aliphatic heterocycles. The Kier molecular flexibility index (Phi) is 2.79. The molecule has 2 fully saturated rings. The van der Waals surface area contributed by atoms with Crippen molar-refractivity contribution in [2.75, 3.05) is 27.4 Å². The molecule has 1 saturated carbocycles. The number of hydrogen-bond acceptors (Lipinski definition) is 4. The van der Waals surface area contributed by atoms with Gasteiger partial charge in [0.05, 0.1) is 13.2 Å². The zero-order valence-corrected chi connectivity index (χ0v) is 8.88. The molecule has 82 valence electrons. The van der Waals surface area contributed by atoms with Gasteiger partial charge in [0.15, 0.2) is 11.6 Å². The van der Waals surface area contributed by atoms with Crippen molar-refractivity contribution >= 4 is 0 Å². The van der Waals surface area contributed by atoms with Gasteiger partial charge in [-0.15, -0.1) is 0 Å². The van der Waals surface area contributed by atoms with Crippen molar-refractivity contribution in [3.63, 3.8) is 0 Å². The smallest absolute Gasteiger partial charge is 0.168 e. The molecule has 4 nitrogen and oxygen atoms in total. The fourth-order valence-electron chi connectivity index (χ4n) is 2.29. The third kappa shape index (κ3) is 1.67. The Hall–Kier alpha value is -0.160. The van der Waals surface area contributed by atoms with Gasteiger partial charge >= 0.3 is 0 Å². The lowest BCUT2D eigenvalue weighted by atomic mass is 9.89. The fraction of sp³-hybridized carbons (Fsp3) is 1.00. The molecule has 0 unspecified atom stereocenters. The second kappa shape index (κ2) is 3.77. The molecular formula is C10H18O4. The van der Waals surface area contributed by atoms with Crippen LogP contribution >= 0.6 is 0 Å². The predicted molar refractivity (Wildman–Crippen MR) is 49.9 cm³/mol. The third-order valence-electron chi connectivity index (χ3n) is 3.33. The molecular weight excluding hydrogens is 184 g/mol. The van der Waals surface area contributed by atoms with Crippen molar-refractivity contribution in [3.05, 3.63) is 0 Å². The summed E-state index contributed by atoms with van der Waals surface area (Å²) in [7, 11) is 3.38. The first-order valence-corrected chi connectivity index (χ1v) is 5.12. The first-order valence-electron chi connectivity index (χ1n) is 5.12. The molecule has 2 aliphatic rings. The maximum Gasteiger partial charge on any atom is 0.168 e. The summed E-state index contributed by atoms with van der Waals surface area (Å²) in [6.07, 6.45) is 3.38. The van der Waals surface area contributed by atoms with Crippen molar-refractivity contribution < 1.29 is 18.9 Å². The third-order valence-corrected chi connectivity index (χ3v) is 3.33. The van der Waals surface area contributed by atoms with Crippen LogP contribution in [0.5, 0.6) is 0 Å². The summed E-state index contributed by atoms with van der Waals surface area (Å²) in [5.74, 6) is -0.749. The predicted octanol–water partition coefficient (Wildman–Crippen LogP) is 1.29. The van der Waals surface area contributed by atoms with Gasteiger partial charge in [-0.05, 0) is 0 Å². The first-order chi connectivity index (χ1) is 6.74. The van der Waals surface area contributed by atoms with Crippen LogP contribution < -0.4 is 0 Å². The molecule has 1 saturated heterocycles. The Morgan fingerprint density at radius 3 is 1.79 bits per heavy atom. The Morgan fingerprint density at radius 2 is 1.36 bits per heavy atom. The van der Waals surface area contributed by atoms with E-state index in [1.54, 1.807) is 14.2 Å². The molecule has 0 atom stereocenters. The van der Waals surface area contributed by atoms with Gasteiger partial charge in [-0.2, -0.15) is 0 Å². The lowest BCUT2D eigenvalue weighted by molar-refractivity contribution is -0.273. The summed E-state index contributed by atoms with van der Waals surface area (Å²) in [4.78, 5) is 0. The van der Waals surface area contributed by atoms with Crippen LogP contribution in [0.4, 0.5) is 0 Å². The SMILES string of the molecule is COC1(OC)CCC2(CC1)OCCO2. The van der Waals surface area contributed by atoms with Crippen molar-refractivity contribution in [2.45, 2.75) is 37.3 Å². The Labute approximate surface area is 84.5 Å². The van der Waals surface area contributed by atoms with Crippen molar-refractivity contribution in [3.8, 4) is 0 Å². The van der Waals surface area contributed by atoms with Crippen LogP contribution in [-0.4, -0.2) is 39.0 Å². The van der Waals surface area contributed by atoms with Crippen LogP contribution in [0, 0.1) is 0 Å². The maximum absolute atomic E-state index is 5.63. The van der Waals surface area contributed by atoms with Crippen LogP contribution in [0.15, 0.2) is 0 Å². The fourth-order valence-corrected chi connectivity index (χ4v) is 2.29. The van der Waals surface area contributed by atoms with E-state index in [0.717, 1.165) is 25.7 Å². The van der Waals surface area contributed by atoms with Gasteiger partial charge in [0.1, 0.15) is 0 Å². The van der Waals surface area contributed by atoms with E-state index >= 15 is 0 Å². The second-order valence-corrected chi connectivity index (χ2v) is 3.93. The normalized spacial score (nSPS) is 29.6. The molecule has 0 aromatic rings. The van der Waals surface area contributed by atoms with E-state index in [1.165, 1.54) is 0 Å². The molecule has 4 heteroatoms. The van der Waals surface area contributed by atoms with E-state index < -0.39 is 5.79 Å². The summed E-state index contributed by atoms with van der Waals surface area (Å²) in [6, 6.07) is 0. The average molecular weight is 202 g/mol. The second-order valence-electron chi connectivity index (χ2n) is 3.93. The molecule has 1 heterocycles. The molecule has 0 bridgehead atoms. The van der Waals surface area contributed by atoms with Gasteiger partial charge < -0.3 is 18.9 Å². The van der Waals surface area contributed by atoms with Gasteiger partial charge in [0.25, 0.3) is 0 Å². The highest BCUT2D eigenvalue weighted by atomic mass is 16.7. The molecule has 0 aromatic heterocycles. The highest BCUT2D eigenvalue weighted by Gasteiger charge is 2.46. The Bertz CT molecular complexity index is 176. The molecule has 1 spiro atoms. The van der Waals surface area contributed by atoms with Gasteiger partial charge in [0, 0.05) is 39.9 Å². The van der Waals surface area contributed by atoms with Crippen molar-refractivity contribution in [2.24, 2.45) is 0 Å². The quantitative estimate of drug-likeness (QED) is 0.632. The van der Waals surface area contributed by atoms with Crippen LogP contribution in [0.3, 0.4) is 0 Å². The van der Waals surface area contributed by atoms with Gasteiger partial charge in [-0.1, -0.05) is 0 Å². The van der Waals surface area contributed by atoms with Crippen LogP contribution in [0.25, 0.3) is 0 Å². The number of hydrogen-bond donors (Lipinski definition) is 0. The minimum atomic E-state index is -0.416. The minimum absolute atomic E-state index is 0.333. The lowest BCUT2D eigenvalue weighted by Gasteiger charge is -2.41. The Morgan fingerprint density at radius 1 is 0.857 bits per heavy atom. The highest BCUT2D eigenvalue weighted by Crippen LogP contribution is 2.41. The zero-order chi connectivity index (χ0) is 10.1. The molecule has 14 heavy (non-hydrogen) atoms. The van der Waals surface area contributed by atoms with Crippen LogP contribution in [0.2, 0.25) is 0 Å². The van der Waals surface area contributed by atoms with E-state index in [4.69, 9.17) is 18.9 Å². The summed E-state index contributed by atoms with van der Waals surface area (Å²) in [5, 5.41) is 0. The molecule has 0 aromatic carbocycles. The van der Waals surface area contributed by atoms with Gasteiger partial charge in [0.2, 0.25) is 0 Å². The monoisotopic (exact) mass is 202 g/mol. The average Bonchev–Trinajstić information content (AvgIpc) is 2.69. The Balaban J connectivity index is 1.96. The van der Waals surface area contributed by atoms with E-state index in [2.05, 4.69) is 0 Å². The van der Waals surface area contributed by atoms with Crippen LogP contribution in [-0.2, 0) is 18.9 Å². The van der Waals surface area contributed by atoms with Gasteiger partial charge in [-0.25, -0.2) is 0 Å². The van der Waals surface area contributed by atoms with Crippen molar-refractivity contribution in [1.29, 1.82) is 0 Å². The largest absolute Gasteiger partial charge is 0.353 e. The lowest BCUT2D eigenvalue weighted by Crippen LogP contribution is -2.45. The summed E-state index contributed by atoms with van der Waals surface area (Å²) in [5.41, 5.74) is 0. The standard InChI is InChI=1S/C10H18O4/c1-11-9(12-2)3-5-10(6-4-9)13-7-8-14-10/h3-8H2,1-2H3. The molecule has 0 N–H and O–H groups in total.